The molecule has 1 saturated carbocycles. The summed E-state index contributed by atoms with van der Waals surface area (Å²) in [7, 11) is 0. The third kappa shape index (κ3) is 4.74. The van der Waals surface area contributed by atoms with Crippen LogP contribution in [0, 0.1) is 12.8 Å². The minimum absolute atomic E-state index is 0.0728. The van der Waals surface area contributed by atoms with Crippen LogP contribution in [0.2, 0.25) is 0 Å². The standard InChI is InChI=1S/C31H40N8O3/c1-19-14-22(38-13-12-29(6,17-38)21-10-8-7-9-11-21)15-39-25(19)36-26(37-39)31-16-30(33,18-41-31)23(31)24(34-20(2)32)35-27(40)42-28(3,4)5/h7-11,14-15,23H,12-13,16-18,33H2,1-6H3,(H2,32,34,35,40)/t23?,29-,30?,31?/m0/s1. The van der Waals surface area contributed by atoms with E-state index in [-0.39, 0.29) is 23.7 Å². The highest BCUT2D eigenvalue weighted by molar-refractivity contribution is 6.03. The molecule has 42 heavy (non-hydrogen) atoms. The van der Waals surface area contributed by atoms with Crippen molar-refractivity contribution in [2.75, 3.05) is 24.6 Å². The summed E-state index contributed by atoms with van der Waals surface area (Å²) in [6.45, 7) is 13.5. The number of hydrogen-bond acceptors (Lipinski definition) is 7. The van der Waals surface area contributed by atoms with Gasteiger partial charge in [-0.25, -0.2) is 19.3 Å². The number of nitrogens with two attached hydrogens (primary N) is 2. The van der Waals surface area contributed by atoms with Crippen molar-refractivity contribution in [3.05, 3.63) is 59.5 Å². The predicted octanol–water partition coefficient (Wildman–Crippen LogP) is 3.86. The molecule has 4 fully saturated rings. The number of amidine groups is 2. The predicted molar refractivity (Wildman–Crippen MR) is 162 cm³/mol. The van der Waals surface area contributed by atoms with Crippen LogP contribution in [0.1, 0.15) is 64.4 Å². The second kappa shape index (κ2) is 9.60. The first-order valence-corrected chi connectivity index (χ1v) is 14.4. The number of aryl methyl sites for hydroxylation is 1. The molecule has 2 bridgehead atoms. The summed E-state index contributed by atoms with van der Waals surface area (Å²) in [5.41, 5.74) is 14.5. The second-order valence-corrected chi connectivity index (χ2v) is 13.4. The number of aromatic nitrogens is 3. The van der Waals surface area contributed by atoms with E-state index in [0.29, 0.717) is 12.2 Å². The fourth-order valence-corrected chi connectivity index (χ4v) is 6.75. The highest BCUT2D eigenvalue weighted by Crippen LogP contribution is 2.61. The molecule has 7 rings (SSSR count). The average Bonchev–Trinajstić information content (AvgIpc) is 3.64. The molecule has 222 valence electrons. The molecule has 2 aromatic heterocycles. The number of anilines is 1. The number of amides is 1. The molecular weight excluding hydrogens is 532 g/mol. The molecule has 3 aromatic rings. The summed E-state index contributed by atoms with van der Waals surface area (Å²) in [6, 6.07) is 12.9. The van der Waals surface area contributed by atoms with Gasteiger partial charge >= 0.3 is 6.09 Å². The van der Waals surface area contributed by atoms with Crippen LogP contribution in [-0.4, -0.2) is 63.2 Å². The van der Waals surface area contributed by atoms with Gasteiger partial charge in [0.15, 0.2) is 11.5 Å². The maximum atomic E-state index is 12.7. The summed E-state index contributed by atoms with van der Waals surface area (Å²) >= 11 is 0. The molecule has 1 amide bonds. The van der Waals surface area contributed by atoms with E-state index in [1.807, 2.05) is 17.6 Å². The van der Waals surface area contributed by atoms with Crippen molar-refractivity contribution in [3.63, 3.8) is 0 Å². The lowest BCUT2D eigenvalue weighted by Gasteiger charge is -2.48. The van der Waals surface area contributed by atoms with Gasteiger partial charge in [0, 0.05) is 24.9 Å². The highest BCUT2D eigenvalue weighted by Gasteiger charge is 2.73. The molecular formula is C31H40N8O3. The number of hydrogen-bond donors (Lipinski definition) is 2. The molecule has 4 N–H and O–H groups in total. The van der Waals surface area contributed by atoms with Crippen molar-refractivity contribution in [2.24, 2.45) is 27.4 Å². The summed E-state index contributed by atoms with van der Waals surface area (Å²) < 4.78 is 13.6. The maximum absolute atomic E-state index is 12.7. The van der Waals surface area contributed by atoms with Crippen LogP contribution >= 0.6 is 0 Å². The number of carbonyl (C=O) groups is 1. The van der Waals surface area contributed by atoms with Gasteiger partial charge in [-0.05, 0) is 58.2 Å². The zero-order chi connectivity index (χ0) is 30.1. The van der Waals surface area contributed by atoms with Crippen molar-refractivity contribution in [1.82, 2.24) is 14.6 Å². The number of nitrogens with zero attached hydrogens (tertiary/aromatic N) is 6. The van der Waals surface area contributed by atoms with E-state index >= 15 is 0 Å². The molecule has 0 spiro atoms. The minimum atomic E-state index is -0.979. The van der Waals surface area contributed by atoms with E-state index in [0.717, 1.165) is 36.4 Å². The molecule has 3 saturated heterocycles. The molecule has 4 aliphatic rings. The van der Waals surface area contributed by atoms with Crippen molar-refractivity contribution >= 4 is 29.1 Å². The Balaban J connectivity index is 1.34. The van der Waals surface area contributed by atoms with Crippen molar-refractivity contribution < 1.29 is 14.3 Å². The number of ether oxygens (including phenoxy) is 2. The Morgan fingerprint density at radius 3 is 2.62 bits per heavy atom. The Bertz CT molecular complexity index is 1610. The molecule has 5 heterocycles. The number of benzene rings is 1. The first kappa shape index (κ1) is 28.3. The van der Waals surface area contributed by atoms with Crippen molar-refractivity contribution in [2.45, 2.75) is 76.5 Å². The smallest absolute Gasteiger partial charge is 0.435 e. The summed E-state index contributed by atoms with van der Waals surface area (Å²) in [4.78, 5) is 28.7. The first-order chi connectivity index (χ1) is 19.7. The Hall–Kier alpha value is -3.83. The minimum Gasteiger partial charge on any atom is -0.442 e. The maximum Gasteiger partial charge on any atom is 0.435 e. The number of fused-ring (bicyclic) bond motifs is 2. The van der Waals surface area contributed by atoms with Crippen LogP contribution in [0.5, 0.6) is 0 Å². The lowest BCUT2D eigenvalue weighted by atomic mass is 9.58. The highest BCUT2D eigenvalue weighted by atomic mass is 16.6. The van der Waals surface area contributed by atoms with E-state index in [2.05, 4.69) is 58.2 Å². The van der Waals surface area contributed by atoms with Gasteiger partial charge in [-0.1, -0.05) is 37.3 Å². The fraction of sp³-hybridized carbons (Fsp3) is 0.516. The zero-order valence-electron chi connectivity index (χ0n) is 25.2. The lowest BCUT2D eigenvalue weighted by molar-refractivity contribution is -0.0429. The molecule has 11 nitrogen and oxygen atoms in total. The summed E-state index contributed by atoms with van der Waals surface area (Å²) in [5.74, 6) is 0.338. The van der Waals surface area contributed by atoms with Crippen molar-refractivity contribution in [3.8, 4) is 0 Å². The number of carbonyl (C=O) groups excluding carboxylic acids is 1. The molecule has 3 unspecified atom stereocenters. The van der Waals surface area contributed by atoms with Crippen LogP contribution in [0.25, 0.3) is 5.65 Å². The molecule has 4 atom stereocenters. The lowest BCUT2D eigenvalue weighted by Crippen LogP contribution is -2.66. The SMILES string of the molecule is CC(N)=NC(=NC(=O)OC(C)(C)C)C1C2(N)COC1(c1nc3c(C)cc(N4CC[C@](C)(c5ccccc5)C4)cn3n1)C2. The zero-order valence-corrected chi connectivity index (χ0v) is 25.2. The van der Waals surface area contributed by atoms with Gasteiger partial charge in [-0.2, -0.15) is 4.99 Å². The second-order valence-electron chi connectivity index (χ2n) is 13.4. The van der Waals surface area contributed by atoms with Crippen LogP contribution in [0.4, 0.5) is 10.5 Å². The Morgan fingerprint density at radius 1 is 1.21 bits per heavy atom. The van der Waals surface area contributed by atoms with Gasteiger partial charge < -0.3 is 25.8 Å². The Kier molecular flexibility index (Phi) is 6.47. The van der Waals surface area contributed by atoms with Crippen molar-refractivity contribution in [1.29, 1.82) is 0 Å². The monoisotopic (exact) mass is 572 g/mol. The normalized spacial score (nSPS) is 29.7. The fourth-order valence-electron chi connectivity index (χ4n) is 6.75. The van der Waals surface area contributed by atoms with Crippen LogP contribution < -0.4 is 16.4 Å². The van der Waals surface area contributed by atoms with E-state index in [9.17, 15) is 4.79 Å². The van der Waals surface area contributed by atoms with Crippen LogP contribution in [0.15, 0.2) is 52.6 Å². The summed E-state index contributed by atoms with van der Waals surface area (Å²) in [6.07, 6.45) is 2.81. The third-order valence-corrected chi connectivity index (χ3v) is 8.67. The Labute approximate surface area is 246 Å². The molecule has 1 aromatic carbocycles. The molecule has 0 radical (unpaired) electrons. The first-order valence-electron chi connectivity index (χ1n) is 14.4. The van der Waals surface area contributed by atoms with Gasteiger partial charge in [0.25, 0.3) is 0 Å². The van der Waals surface area contributed by atoms with Gasteiger partial charge in [-0.3, -0.25) is 0 Å². The quantitative estimate of drug-likeness (QED) is 0.354. The van der Waals surface area contributed by atoms with E-state index in [1.54, 1.807) is 27.7 Å². The van der Waals surface area contributed by atoms with E-state index < -0.39 is 28.8 Å². The number of rotatable bonds is 4. The number of pyridine rings is 1. The Morgan fingerprint density at radius 2 is 1.95 bits per heavy atom. The van der Waals surface area contributed by atoms with Gasteiger partial charge in [0.1, 0.15) is 17.0 Å². The summed E-state index contributed by atoms with van der Waals surface area (Å²) in [5, 5.41) is 4.92. The van der Waals surface area contributed by atoms with Crippen LogP contribution in [-0.2, 0) is 20.5 Å². The number of aliphatic imine (C=N–C) groups is 2. The topological polar surface area (TPSA) is 146 Å². The largest absolute Gasteiger partial charge is 0.442 e. The average molecular weight is 573 g/mol. The molecule has 3 aliphatic heterocycles. The van der Waals surface area contributed by atoms with Gasteiger partial charge in [-0.15, -0.1) is 5.10 Å². The van der Waals surface area contributed by atoms with E-state index in [4.69, 9.17) is 31.0 Å². The van der Waals surface area contributed by atoms with Gasteiger partial charge in [0.2, 0.25) is 0 Å². The third-order valence-electron chi connectivity index (χ3n) is 8.67. The molecule has 11 heteroatoms. The molecule has 1 aliphatic carbocycles. The van der Waals surface area contributed by atoms with Crippen LogP contribution in [0.3, 0.4) is 0 Å². The van der Waals surface area contributed by atoms with E-state index in [1.165, 1.54) is 5.56 Å². The van der Waals surface area contributed by atoms with Gasteiger partial charge in [0.05, 0.1) is 35.8 Å².